The van der Waals surface area contributed by atoms with E-state index in [1.165, 1.54) is 25.0 Å². The predicted molar refractivity (Wildman–Crippen MR) is 62.6 cm³/mol. The topological polar surface area (TPSA) is 53.8 Å². The van der Waals surface area contributed by atoms with Crippen LogP contribution >= 0.6 is 0 Å². The Morgan fingerprint density at radius 1 is 1.47 bits per heavy atom. The fraction of sp³-hybridized carbons (Fsp3) is 0.667. The molecule has 1 aliphatic carbocycles. The first kappa shape index (κ1) is 10.7. The van der Waals surface area contributed by atoms with Gasteiger partial charge in [0.05, 0.1) is 0 Å². The van der Waals surface area contributed by atoms with Crippen molar-refractivity contribution in [1.82, 2.24) is 10.3 Å². The molecule has 1 aliphatic rings. The predicted octanol–water partition coefficient (Wildman–Crippen LogP) is 1.94. The van der Waals surface area contributed by atoms with Crippen molar-refractivity contribution in [2.24, 2.45) is 5.73 Å². The molecule has 3 atom stereocenters. The van der Waals surface area contributed by atoms with Crippen LogP contribution in [0.2, 0.25) is 0 Å². The van der Waals surface area contributed by atoms with Gasteiger partial charge in [-0.25, -0.2) is 0 Å². The van der Waals surface area contributed by atoms with Crippen LogP contribution in [0, 0.1) is 0 Å². The van der Waals surface area contributed by atoms with Gasteiger partial charge in [0.1, 0.15) is 0 Å². The van der Waals surface area contributed by atoms with Crippen LogP contribution in [0.4, 0.5) is 0 Å². The molecule has 4 N–H and O–H groups in total. The van der Waals surface area contributed by atoms with Crippen LogP contribution < -0.4 is 11.1 Å². The van der Waals surface area contributed by atoms with Crippen molar-refractivity contribution in [2.75, 3.05) is 0 Å². The standard InChI is InChI=1S/C12H21N3/c1-9(11-7-4-8-14-11)15-12-6-3-2-5-10(12)13/h4,7-10,12,14-15H,2-3,5-6,13H2,1H3/t9-,10+,12-/m0/s1. The highest BCUT2D eigenvalue weighted by Gasteiger charge is 2.23. The van der Waals surface area contributed by atoms with E-state index in [0.29, 0.717) is 18.1 Å². The largest absolute Gasteiger partial charge is 0.364 e. The Morgan fingerprint density at radius 2 is 2.27 bits per heavy atom. The number of H-pyrrole nitrogens is 1. The lowest BCUT2D eigenvalue weighted by Gasteiger charge is -2.31. The zero-order chi connectivity index (χ0) is 10.7. The van der Waals surface area contributed by atoms with Gasteiger partial charge in [-0.15, -0.1) is 0 Å². The molecule has 1 aromatic rings. The van der Waals surface area contributed by atoms with Crippen LogP contribution in [0.1, 0.15) is 44.3 Å². The first-order valence-corrected chi connectivity index (χ1v) is 5.92. The molecule has 0 amide bonds. The third-order valence-corrected chi connectivity index (χ3v) is 3.37. The van der Waals surface area contributed by atoms with E-state index in [1.54, 1.807) is 0 Å². The van der Waals surface area contributed by atoms with Gasteiger partial charge in [-0.2, -0.15) is 0 Å². The third-order valence-electron chi connectivity index (χ3n) is 3.37. The lowest BCUT2D eigenvalue weighted by molar-refractivity contribution is 0.305. The molecule has 1 heterocycles. The normalized spacial score (nSPS) is 28.9. The third kappa shape index (κ3) is 2.61. The summed E-state index contributed by atoms with van der Waals surface area (Å²) in [7, 11) is 0. The minimum absolute atomic E-state index is 0.330. The molecule has 0 aliphatic heterocycles. The smallest absolute Gasteiger partial charge is 0.0446 e. The summed E-state index contributed by atoms with van der Waals surface area (Å²) in [6.07, 6.45) is 6.94. The highest BCUT2D eigenvalue weighted by Crippen LogP contribution is 2.20. The number of hydrogen-bond acceptors (Lipinski definition) is 2. The number of nitrogens with one attached hydrogen (secondary N) is 2. The second-order valence-corrected chi connectivity index (χ2v) is 4.57. The number of hydrogen-bond donors (Lipinski definition) is 3. The van der Waals surface area contributed by atoms with Crippen LogP contribution in [0.5, 0.6) is 0 Å². The van der Waals surface area contributed by atoms with Crippen molar-refractivity contribution in [3.05, 3.63) is 24.0 Å². The second kappa shape index (κ2) is 4.81. The van der Waals surface area contributed by atoms with Crippen molar-refractivity contribution in [2.45, 2.75) is 50.7 Å². The summed E-state index contributed by atoms with van der Waals surface area (Å²) in [6, 6.07) is 5.34. The van der Waals surface area contributed by atoms with Crippen molar-refractivity contribution in [3.8, 4) is 0 Å². The Morgan fingerprint density at radius 3 is 2.93 bits per heavy atom. The Kier molecular flexibility index (Phi) is 3.44. The van der Waals surface area contributed by atoms with Gasteiger partial charge in [0.25, 0.3) is 0 Å². The number of aromatic amines is 1. The quantitative estimate of drug-likeness (QED) is 0.709. The van der Waals surface area contributed by atoms with E-state index in [0.717, 1.165) is 6.42 Å². The van der Waals surface area contributed by atoms with E-state index in [2.05, 4.69) is 23.3 Å². The molecule has 0 aromatic carbocycles. The average Bonchev–Trinajstić information content (AvgIpc) is 2.74. The molecule has 3 heteroatoms. The molecule has 2 rings (SSSR count). The number of nitrogens with two attached hydrogens (primary N) is 1. The molecule has 0 bridgehead atoms. The van der Waals surface area contributed by atoms with E-state index < -0.39 is 0 Å². The van der Waals surface area contributed by atoms with E-state index in [-0.39, 0.29) is 0 Å². The Balaban J connectivity index is 1.90. The summed E-state index contributed by atoms with van der Waals surface area (Å²) in [5.74, 6) is 0. The van der Waals surface area contributed by atoms with E-state index in [4.69, 9.17) is 5.73 Å². The minimum Gasteiger partial charge on any atom is -0.364 e. The second-order valence-electron chi connectivity index (χ2n) is 4.57. The van der Waals surface area contributed by atoms with Crippen LogP contribution in [-0.2, 0) is 0 Å². The zero-order valence-electron chi connectivity index (χ0n) is 9.37. The van der Waals surface area contributed by atoms with E-state index in [9.17, 15) is 0 Å². The minimum atomic E-state index is 0.330. The maximum absolute atomic E-state index is 6.11. The van der Waals surface area contributed by atoms with Crippen LogP contribution in [0.3, 0.4) is 0 Å². The summed E-state index contributed by atoms with van der Waals surface area (Å²) in [6.45, 7) is 2.19. The van der Waals surface area contributed by atoms with Crippen molar-refractivity contribution in [3.63, 3.8) is 0 Å². The van der Waals surface area contributed by atoms with Crippen LogP contribution in [-0.4, -0.2) is 17.1 Å². The summed E-state index contributed by atoms with van der Waals surface area (Å²) in [4.78, 5) is 3.24. The molecule has 0 unspecified atom stereocenters. The molecule has 1 fully saturated rings. The summed E-state index contributed by atoms with van der Waals surface area (Å²) in [5, 5.41) is 3.61. The maximum atomic E-state index is 6.11. The lowest BCUT2D eigenvalue weighted by Crippen LogP contribution is -2.47. The lowest BCUT2D eigenvalue weighted by atomic mass is 9.90. The molecule has 0 saturated heterocycles. The number of rotatable bonds is 3. The molecule has 84 valence electrons. The van der Waals surface area contributed by atoms with Crippen LogP contribution in [0.15, 0.2) is 18.3 Å². The fourth-order valence-electron chi connectivity index (χ4n) is 2.39. The molecule has 0 spiro atoms. The fourth-order valence-corrected chi connectivity index (χ4v) is 2.39. The van der Waals surface area contributed by atoms with Gasteiger partial charge in [0, 0.05) is 30.0 Å². The summed E-state index contributed by atoms with van der Waals surface area (Å²) in [5.41, 5.74) is 7.35. The Bertz CT molecular complexity index is 281. The average molecular weight is 207 g/mol. The van der Waals surface area contributed by atoms with Gasteiger partial charge in [0.15, 0.2) is 0 Å². The van der Waals surface area contributed by atoms with Gasteiger partial charge < -0.3 is 16.0 Å². The van der Waals surface area contributed by atoms with Gasteiger partial charge >= 0.3 is 0 Å². The van der Waals surface area contributed by atoms with Gasteiger partial charge in [-0.1, -0.05) is 12.8 Å². The monoisotopic (exact) mass is 207 g/mol. The molecule has 3 nitrogen and oxygen atoms in total. The van der Waals surface area contributed by atoms with E-state index in [1.807, 2.05) is 12.3 Å². The highest BCUT2D eigenvalue weighted by atomic mass is 15.0. The van der Waals surface area contributed by atoms with Gasteiger partial charge in [-0.3, -0.25) is 0 Å². The zero-order valence-corrected chi connectivity index (χ0v) is 9.37. The van der Waals surface area contributed by atoms with Crippen LogP contribution in [0.25, 0.3) is 0 Å². The van der Waals surface area contributed by atoms with Crippen molar-refractivity contribution < 1.29 is 0 Å². The molecule has 15 heavy (non-hydrogen) atoms. The van der Waals surface area contributed by atoms with Gasteiger partial charge in [0.2, 0.25) is 0 Å². The first-order valence-electron chi connectivity index (χ1n) is 5.92. The summed E-state index contributed by atoms with van der Waals surface area (Å²) >= 11 is 0. The maximum Gasteiger partial charge on any atom is 0.0446 e. The van der Waals surface area contributed by atoms with Gasteiger partial charge in [-0.05, 0) is 31.9 Å². The van der Waals surface area contributed by atoms with Crippen molar-refractivity contribution in [1.29, 1.82) is 0 Å². The highest BCUT2D eigenvalue weighted by molar-refractivity contribution is 5.08. The molecule has 1 aromatic heterocycles. The Hall–Kier alpha value is -0.800. The molecule has 1 saturated carbocycles. The molecular formula is C12H21N3. The SMILES string of the molecule is C[C@H](N[C@H]1CCCC[C@H]1N)c1ccc[nH]1. The first-order chi connectivity index (χ1) is 7.27. The van der Waals surface area contributed by atoms with Crippen molar-refractivity contribution >= 4 is 0 Å². The molecule has 0 radical (unpaired) electrons. The number of aromatic nitrogens is 1. The Labute approximate surface area is 91.4 Å². The van der Waals surface area contributed by atoms with E-state index >= 15 is 0 Å². The summed E-state index contributed by atoms with van der Waals surface area (Å²) < 4.78 is 0. The molecular weight excluding hydrogens is 186 g/mol.